The van der Waals surface area contributed by atoms with Crippen LogP contribution in [-0.4, -0.2) is 20.6 Å². The summed E-state index contributed by atoms with van der Waals surface area (Å²) in [6.45, 7) is 3.99. The van der Waals surface area contributed by atoms with Crippen LogP contribution in [0.5, 0.6) is 0 Å². The summed E-state index contributed by atoms with van der Waals surface area (Å²) in [5, 5.41) is 10.2. The third-order valence-electron chi connectivity index (χ3n) is 2.77. The summed E-state index contributed by atoms with van der Waals surface area (Å²) >= 11 is 0. The Kier molecular flexibility index (Phi) is 2.42. The molecule has 16 heavy (non-hydrogen) atoms. The van der Waals surface area contributed by atoms with Gasteiger partial charge in [0.2, 0.25) is 0 Å². The van der Waals surface area contributed by atoms with Crippen LogP contribution in [0, 0.1) is 0 Å². The van der Waals surface area contributed by atoms with Crippen molar-refractivity contribution in [1.82, 2.24) is 9.55 Å². The fraction of sp³-hybridized carbons (Fsp3) is 0.333. The molecule has 0 bridgehead atoms. The summed E-state index contributed by atoms with van der Waals surface area (Å²) in [6, 6.07) is 3.75. The molecule has 0 aliphatic carbocycles. The number of rotatable bonds is 2. The number of carboxylic acid groups (broad SMARTS) is 1. The second kappa shape index (κ2) is 3.63. The molecule has 0 aliphatic rings. The zero-order chi connectivity index (χ0) is 11.9. The quantitative estimate of drug-likeness (QED) is 0.842. The lowest BCUT2D eigenvalue weighted by molar-refractivity contribution is 0.0685. The maximum atomic E-state index is 11.3. The van der Waals surface area contributed by atoms with Gasteiger partial charge >= 0.3 is 5.97 Å². The highest BCUT2D eigenvalue weighted by Gasteiger charge is 2.22. The van der Waals surface area contributed by atoms with Crippen LogP contribution in [0.2, 0.25) is 0 Å². The molecule has 0 aromatic carbocycles. The van der Waals surface area contributed by atoms with Crippen molar-refractivity contribution < 1.29 is 9.90 Å². The summed E-state index contributed by atoms with van der Waals surface area (Å²) in [5.41, 5.74) is 1.92. The van der Waals surface area contributed by atoms with E-state index in [2.05, 4.69) is 4.98 Å². The first-order chi connectivity index (χ1) is 7.54. The van der Waals surface area contributed by atoms with Gasteiger partial charge in [0.1, 0.15) is 11.3 Å². The topological polar surface area (TPSA) is 55.1 Å². The van der Waals surface area contributed by atoms with Crippen molar-refractivity contribution in [1.29, 1.82) is 0 Å². The predicted molar refractivity (Wildman–Crippen MR) is 61.8 cm³/mol. The van der Waals surface area contributed by atoms with E-state index >= 15 is 0 Å². The van der Waals surface area contributed by atoms with Gasteiger partial charge in [0.25, 0.3) is 0 Å². The highest BCUT2D eigenvalue weighted by atomic mass is 16.4. The molecule has 0 fully saturated rings. The Bertz CT molecular complexity index is 555. The summed E-state index contributed by atoms with van der Waals surface area (Å²) in [4.78, 5) is 15.5. The monoisotopic (exact) mass is 218 g/mol. The first kappa shape index (κ1) is 10.7. The fourth-order valence-electron chi connectivity index (χ4n) is 2.13. The van der Waals surface area contributed by atoms with Crippen LogP contribution < -0.4 is 0 Å². The highest BCUT2D eigenvalue weighted by Crippen LogP contribution is 2.29. The Morgan fingerprint density at radius 1 is 1.50 bits per heavy atom. The van der Waals surface area contributed by atoms with Gasteiger partial charge in [-0.15, -0.1) is 0 Å². The summed E-state index contributed by atoms with van der Waals surface area (Å²) in [6.07, 6.45) is 1.68. The summed E-state index contributed by atoms with van der Waals surface area (Å²) in [7, 11) is 1.74. The van der Waals surface area contributed by atoms with Crippen molar-refractivity contribution in [2.45, 2.75) is 19.8 Å². The maximum absolute atomic E-state index is 11.3. The minimum absolute atomic E-state index is 0.166. The molecule has 4 heteroatoms. The molecule has 0 spiro atoms. The van der Waals surface area contributed by atoms with Crippen molar-refractivity contribution in [2.24, 2.45) is 7.05 Å². The SMILES string of the molecule is CC(C)c1c(C(=O)O)n(C)c2ncccc12. The number of carboxylic acids is 1. The smallest absolute Gasteiger partial charge is 0.352 e. The molecule has 0 radical (unpaired) electrons. The van der Waals surface area contributed by atoms with E-state index in [0.29, 0.717) is 5.69 Å². The molecule has 84 valence electrons. The molecule has 0 saturated carbocycles. The molecule has 2 rings (SSSR count). The van der Waals surface area contributed by atoms with Gasteiger partial charge in [0.15, 0.2) is 0 Å². The molecule has 2 aromatic rings. The number of aromatic nitrogens is 2. The van der Waals surface area contributed by atoms with Crippen LogP contribution in [0.4, 0.5) is 0 Å². The van der Waals surface area contributed by atoms with E-state index in [0.717, 1.165) is 16.6 Å². The van der Waals surface area contributed by atoms with Gasteiger partial charge in [-0.1, -0.05) is 13.8 Å². The van der Waals surface area contributed by atoms with E-state index in [1.165, 1.54) is 0 Å². The van der Waals surface area contributed by atoms with Gasteiger partial charge in [0.05, 0.1) is 0 Å². The van der Waals surface area contributed by atoms with Gasteiger partial charge in [0, 0.05) is 18.6 Å². The molecule has 1 N–H and O–H groups in total. The number of aromatic carboxylic acids is 1. The Labute approximate surface area is 93.5 Å². The molecule has 4 nitrogen and oxygen atoms in total. The molecular weight excluding hydrogens is 204 g/mol. The highest BCUT2D eigenvalue weighted by molar-refractivity contribution is 5.97. The first-order valence-corrected chi connectivity index (χ1v) is 5.20. The van der Waals surface area contributed by atoms with E-state index in [9.17, 15) is 9.90 Å². The van der Waals surface area contributed by atoms with Gasteiger partial charge < -0.3 is 9.67 Å². The number of hydrogen-bond donors (Lipinski definition) is 1. The standard InChI is InChI=1S/C12H14N2O2/c1-7(2)9-8-5-4-6-13-11(8)14(3)10(9)12(15)16/h4-7H,1-3H3,(H,15,16). The predicted octanol–water partition coefficient (Wildman–Crippen LogP) is 2.39. The van der Waals surface area contributed by atoms with Crippen LogP contribution >= 0.6 is 0 Å². The molecule has 0 atom stereocenters. The largest absolute Gasteiger partial charge is 0.477 e. The maximum Gasteiger partial charge on any atom is 0.352 e. The summed E-state index contributed by atoms with van der Waals surface area (Å²) < 4.78 is 1.65. The van der Waals surface area contributed by atoms with Crippen LogP contribution in [0.1, 0.15) is 35.8 Å². The van der Waals surface area contributed by atoms with Gasteiger partial charge in [-0.05, 0) is 23.6 Å². The lowest BCUT2D eigenvalue weighted by atomic mass is 10.0. The second-order valence-electron chi connectivity index (χ2n) is 4.16. The Balaban J connectivity index is 2.92. The minimum atomic E-state index is -0.899. The first-order valence-electron chi connectivity index (χ1n) is 5.20. The average Bonchev–Trinajstić information content (AvgIpc) is 2.53. The van der Waals surface area contributed by atoms with Crippen LogP contribution in [0.15, 0.2) is 18.3 Å². The molecule has 0 saturated heterocycles. The van der Waals surface area contributed by atoms with Crippen molar-refractivity contribution in [2.75, 3.05) is 0 Å². The third kappa shape index (κ3) is 1.38. The van der Waals surface area contributed by atoms with Gasteiger partial charge in [-0.3, -0.25) is 0 Å². The lowest BCUT2D eigenvalue weighted by Gasteiger charge is -2.05. The molecule has 2 heterocycles. The number of pyridine rings is 1. The van der Waals surface area contributed by atoms with Crippen LogP contribution in [0.25, 0.3) is 11.0 Å². The third-order valence-corrected chi connectivity index (χ3v) is 2.77. The molecule has 0 amide bonds. The number of hydrogen-bond acceptors (Lipinski definition) is 2. The van der Waals surface area contributed by atoms with E-state index in [-0.39, 0.29) is 5.92 Å². The van der Waals surface area contributed by atoms with E-state index in [1.54, 1.807) is 17.8 Å². The van der Waals surface area contributed by atoms with Gasteiger partial charge in [-0.2, -0.15) is 0 Å². The second-order valence-corrected chi connectivity index (χ2v) is 4.16. The van der Waals surface area contributed by atoms with E-state index in [1.807, 2.05) is 26.0 Å². The number of aryl methyl sites for hydroxylation is 1. The normalized spacial score (nSPS) is 11.2. The number of nitrogens with zero attached hydrogens (tertiary/aromatic N) is 2. The molecular formula is C12H14N2O2. The zero-order valence-electron chi connectivity index (χ0n) is 9.56. The molecule has 0 aliphatic heterocycles. The Morgan fingerprint density at radius 2 is 2.19 bits per heavy atom. The zero-order valence-corrected chi connectivity index (χ0v) is 9.56. The Morgan fingerprint density at radius 3 is 2.75 bits per heavy atom. The van der Waals surface area contributed by atoms with Crippen molar-refractivity contribution in [3.63, 3.8) is 0 Å². The van der Waals surface area contributed by atoms with Crippen molar-refractivity contribution in [3.05, 3.63) is 29.6 Å². The summed E-state index contributed by atoms with van der Waals surface area (Å²) in [5.74, 6) is -0.733. The van der Waals surface area contributed by atoms with Crippen molar-refractivity contribution in [3.8, 4) is 0 Å². The lowest BCUT2D eigenvalue weighted by Crippen LogP contribution is -2.08. The minimum Gasteiger partial charge on any atom is -0.477 e. The molecule has 0 unspecified atom stereocenters. The van der Waals surface area contributed by atoms with Crippen LogP contribution in [-0.2, 0) is 7.05 Å². The number of fused-ring (bicyclic) bond motifs is 1. The van der Waals surface area contributed by atoms with Crippen molar-refractivity contribution >= 4 is 17.0 Å². The fourth-order valence-corrected chi connectivity index (χ4v) is 2.13. The van der Waals surface area contributed by atoms with Gasteiger partial charge in [-0.25, -0.2) is 9.78 Å². The number of carbonyl (C=O) groups is 1. The van der Waals surface area contributed by atoms with Crippen LogP contribution in [0.3, 0.4) is 0 Å². The van der Waals surface area contributed by atoms with E-state index in [4.69, 9.17) is 0 Å². The molecule has 2 aromatic heterocycles. The van der Waals surface area contributed by atoms with E-state index < -0.39 is 5.97 Å². The Hall–Kier alpha value is -1.84. The average molecular weight is 218 g/mol.